The third-order valence-electron chi connectivity index (χ3n) is 0. The van der Waals surface area contributed by atoms with E-state index in [2.05, 4.69) is 0 Å². The van der Waals surface area contributed by atoms with Crippen molar-refractivity contribution in [1.82, 2.24) is 0 Å². The van der Waals surface area contributed by atoms with Crippen molar-refractivity contribution in [2.75, 3.05) is 0 Å². The van der Waals surface area contributed by atoms with Crippen molar-refractivity contribution < 1.29 is 25.4 Å². The van der Waals surface area contributed by atoms with Crippen LogP contribution in [0.25, 0.3) is 0 Å². The fourth-order valence-electron chi connectivity index (χ4n) is 0. The average Bonchev–Trinajstić information content (AvgIpc) is 1.50. The maximum Gasteiger partial charge on any atom is 0 e. The largest absolute Gasteiger partial charge is 0 e. The van der Waals surface area contributed by atoms with E-state index in [1.54, 1.807) is 0 Å². The van der Waals surface area contributed by atoms with Crippen molar-refractivity contribution >= 4 is 46.9 Å². The summed E-state index contributed by atoms with van der Waals surface area (Å²) >= 11 is 0.200. The van der Waals surface area contributed by atoms with Crippen LogP contribution in [-0.4, -0.2) is 46.9 Å². The van der Waals surface area contributed by atoms with E-state index in [1.807, 2.05) is 0 Å². The predicted octanol–water partition coefficient (Wildman–Crippen LogP) is -1.27. The van der Waals surface area contributed by atoms with Gasteiger partial charge in [-0.05, 0) is 0 Å². The second kappa shape index (κ2) is 39.4. The van der Waals surface area contributed by atoms with Crippen molar-refractivity contribution in [3.05, 3.63) is 0 Å². The van der Waals surface area contributed by atoms with Crippen molar-refractivity contribution in [2.45, 2.75) is 0 Å². The molecule has 0 aliphatic heterocycles. The number of hydrogen-bond donors (Lipinski definition) is 0. The molecular formula is HInO2SnZn. The molecule has 0 bridgehead atoms. The fourth-order valence-corrected chi connectivity index (χ4v) is 0. The molecule has 2 nitrogen and oxygen atoms in total. The first-order valence-electron chi connectivity index (χ1n) is 0.493. The quantitative estimate of drug-likeness (QED) is 0.519. The molecule has 0 saturated carbocycles. The third-order valence-corrected chi connectivity index (χ3v) is 0. The van der Waals surface area contributed by atoms with Crippen LogP contribution in [0.2, 0.25) is 0 Å². The van der Waals surface area contributed by atoms with Crippen LogP contribution in [0.1, 0.15) is 0 Å². The van der Waals surface area contributed by atoms with Gasteiger partial charge in [-0.3, -0.25) is 0 Å². The van der Waals surface area contributed by atoms with Crippen LogP contribution < -0.4 is 0 Å². The van der Waals surface area contributed by atoms with E-state index in [0.29, 0.717) is 22.5 Å². The van der Waals surface area contributed by atoms with Crippen molar-refractivity contribution in [3.63, 3.8) is 0 Å². The average molecular weight is 332 g/mol. The molecule has 0 amide bonds. The Bertz CT molecular complexity index is 11.6. The summed E-state index contributed by atoms with van der Waals surface area (Å²) in [4.78, 5) is 0. The van der Waals surface area contributed by atoms with Gasteiger partial charge in [0.15, 0.2) is 0 Å². The van der Waals surface area contributed by atoms with Gasteiger partial charge < -0.3 is 0 Å². The van der Waals surface area contributed by atoms with Gasteiger partial charge in [-0.1, -0.05) is 0 Å². The summed E-state index contributed by atoms with van der Waals surface area (Å²) in [5.41, 5.74) is 0. The molecule has 0 N–H and O–H groups in total. The molecule has 0 fully saturated rings. The summed E-state index contributed by atoms with van der Waals surface area (Å²) in [5.74, 6) is 0. The van der Waals surface area contributed by atoms with E-state index < -0.39 is 0 Å². The van der Waals surface area contributed by atoms with Crippen LogP contribution in [-0.2, 0) is 25.4 Å². The molecule has 0 aromatic carbocycles. The van der Waals surface area contributed by atoms with E-state index in [0.717, 1.165) is 0 Å². The molecule has 0 saturated heterocycles. The standard InChI is InChI=1S/In.2O.Sn.Zn.H. The zero-order chi connectivity index (χ0) is 4.00. The molecule has 0 aliphatic rings. The molecule has 5 heteroatoms. The van der Waals surface area contributed by atoms with E-state index in [1.165, 1.54) is 0 Å². The Morgan fingerprint density at radius 3 is 1.20 bits per heavy atom. The van der Waals surface area contributed by atoms with Gasteiger partial charge in [0.1, 0.15) is 0 Å². The van der Waals surface area contributed by atoms with Gasteiger partial charge in [-0.15, -0.1) is 0 Å². The molecule has 0 aliphatic carbocycles. The number of hydrogen-bond acceptors (Lipinski definition) is 2. The summed E-state index contributed by atoms with van der Waals surface area (Å²) in [5, 5.41) is 0. The first-order chi connectivity index (χ1) is 2.00. The topological polar surface area (TPSA) is 34.1 Å². The summed E-state index contributed by atoms with van der Waals surface area (Å²) in [6.07, 6.45) is 0. The monoisotopic (exact) mass is 332 g/mol. The van der Waals surface area contributed by atoms with Gasteiger partial charge in [0.05, 0.1) is 0 Å². The fraction of sp³-hybridized carbons (Fsp3) is 0. The third kappa shape index (κ3) is 24.9. The molecule has 0 atom stereocenters. The Morgan fingerprint density at radius 1 is 1.20 bits per heavy atom. The molecule has 0 spiro atoms. The Kier molecular flexibility index (Phi) is 124. The van der Waals surface area contributed by atoms with Crippen LogP contribution in [0.5, 0.6) is 0 Å². The second-order valence-corrected chi connectivity index (χ2v) is 0. The number of rotatable bonds is 0. The molecule has 22 valence electrons. The van der Waals surface area contributed by atoms with Gasteiger partial charge in [0.2, 0.25) is 0 Å². The van der Waals surface area contributed by atoms with E-state index in [9.17, 15) is 0 Å². The maximum absolute atomic E-state index is 8.42. The Labute approximate surface area is 71.3 Å². The minimum Gasteiger partial charge on any atom is 0 e. The molecule has 0 heterocycles. The van der Waals surface area contributed by atoms with Gasteiger partial charge in [0, 0.05) is 19.5 Å². The van der Waals surface area contributed by atoms with E-state index in [-0.39, 0.29) is 43.9 Å². The summed E-state index contributed by atoms with van der Waals surface area (Å²) in [7, 11) is 0. The zero-order valence-electron chi connectivity index (χ0n) is 2.73. The molecule has 5 heavy (non-hydrogen) atoms. The predicted molar refractivity (Wildman–Crippen MR) is 14.3 cm³/mol. The smallest absolute Gasteiger partial charge is 0 e. The van der Waals surface area contributed by atoms with Gasteiger partial charge >= 0.3 is 52.8 Å². The minimum atomic E-state index is -0.1000. The van der Waals surface area contributed by atoms with Crippen molar-refractivity contribution in [3.8, 4) is 0 Å². The van der Waals surface area contributed by atoms with Crippen LogP contribution in [0, 0.1) is 0 Å². The van der Waals surface area contributed by atoms with Crippen molar-refractivity contribution in [1.29, 1.82) is 0 Å². The zero-order valence-corrected chi connectivity index (χ0v) is 12.6. The SMILES string of the molecule is [O]=[InH].[O]=[Sn].[Zn]. The minimum absolute atomic E-state index is 0. The van der Waals surface area contributed by atoms with Gasteiger partial charge in [-0.2, -0.15) is 0 Å². The molecule has 0 aromatic rings. The molecule has 2 radical (unpaired) electrons. The Hall–Kier alpha value is 1.89. The van der Waals surface area contributed by atoms with Gasteiger partial charge in [-0.25, -0.2) is 0 Å². The first-order valence-corrected chi connectivity index (χ1v) is 3.31. The van der Waals surface area contributed by atoms with Crippen LogP contribution >= 0.6 is 0 Å². The van der Waals surface area contributed by atoms with Crippen molar-refractivity contribution in [2.24, 2.45) is 0 Å². The van der Waals surface area contributed by atoms with Crippen LogP contribution in [0.15, 0.2) is 0 Å². The van der Waals surface area contributed by atoms with Gasteiger partial charge in [0.25, 0.3) is 0 Å². The van der Waals surface area contributed by atoms with Crippen LogP contribution in [0.3, 0.4) is 0 Å². The van der Waals surface area contributed by atoms with E-state index in [4.69, 9.17) is 5.93 Å². The molecule has 0 aromatic heterocycles. The Morgan fingerprint density at radius 2 is 1.20 bits per heavy atom. The van der Waals surface area contributed by atoms with Crippen LogP contribution in [0.4, 0.5) is 0 Å². The molecule has 0 rings (SSSR count). The molecule has 0 unspecified atom stereocenters. The summed E-state index contributed by atoms with van der Waals surface area (Å²) in [6.45, 7) is 0. The normalized spacial score (nSPS) is 1.40. The summed E-state index contributed by atoms with van der Waals surface area (Å²) in [6, 6.07) is 0. The Balaban J connectivity index is -0.0000000133. The maximum atomic E-state index is 8.42. The summed E-state index contributed by atoms with van der Waals surface area (Å²) < 4.78 is 16.8. The molecular weight excluding hydrogens is 331 g/mol. The second-order valence-electron chi connectivity index (χ2n) is 0. The first kappa shape index (κ1) is 15.8. The van der Waals surface area contributed by atoms with E-state index >= 15 is 0 Å².